The van der Waals surface area contributed by atoms with Crippen LogP contribution in [0.5, 0.6) is 0 Å². The number of rotatable bonds is 1. The molecule has 2 nitrogen and oxygen atoms in total. The molecule has 90 valence electrons. The van der Waals surface area contributed by atoms with Crippen molar-refractivity contribution in [1.82, 2.24) is 4.90 Å². The summed E-state index contributed by atoms with van der Waals surface area (Å²) >= 11 is 0. The van der Waals surface area contributed by atoms with Crippen molar-refractivity contribution in [1.29, 1.82) is 0 Å². The lowest BCUT2D eigenvalue weighted by atomic mass is 9.97. The Morgan fingerprint density at radius 2 is 1.53 bits per heavy atom. The quantitative estimate of drug-likeness (QED) is 0.429. The predicted molar refractivity (Wildman–Crippen MR) is 60.3 cm³/mol. The summed E-state index contributed by atoms with van der Waals surface area (Å²) in [6, 6.07) is 0.964. The molecule has 0 aliphatic carbocycles. The van der Waals surface area contributed by atoms with Crippen LogP contribution in [0.1, 0.15) is 32.1 Å². The molecular formula is C12H25IN2. The van der Waals surface area contributed by atoms with Crippen molar-refractivity contribution in [2.75, 3.05) is 40.3 Å². The Hall–Kier alpha value is 0.650. The first-order chi connectivity index (χ1) is 6.71. The first-order valence-electron chi connectivity index (χ1n) is 6.23. The van der Waals surface area contributed by atoms with Gasteiger partial charge in [-0.15, -0.1) is 0 Å². The average molecular weight is 324 g/mol. The highest BCUT2D eigenvalue weighted by atomic mass is 127. The maximum Gasteiger partial charge on any atom is 0.0913 e. The largest absolute Gasteiger partial charge is 1.00 e. The molecule has 2 aliphatic rings. The van der Waals surface area contributed by atoms with Crippen LogP contribution in [0.25, 0.3) is 0 Å². The molecule has 0 saturated carbocycles. The van der Waals surface area contributed by atoms with E-state index in [1.165, 1.54) is 62.8 Å². The number of halogens is 1. The molecule has 2 aliphatic heterocycles. The second kappa shape index (κ2) is 5.82. The summed E-state index contributed by atoms with van der Waals surface area (Å²) in [5.74, 6) is 0. The second-order valence-electron chi connectivity index (χ2n) is 5.52. The van der Waals surface area contributed by atoms with E-state index in [0.717, 1.165) is 6.04 Å². The molecule has 2 heterocycles. The van der Waals surface area contributed by atoms with Gasteiger partial charge in [-0.1, -0.05) is 0 Å². The van der Waals surface area contributed by atoms with Crippen molar-refractivity contribution in [2.45, 2.75) is 38.1 Å². The number of hydrogen-bond acceptors (Lipinski definition) is 1. The number of piperidine rings is 2. The predicted octanol–water partition coefficient (Wildman–Crippen LogP) is -1.28. The minimum Gasteiger partial charge on any atom is -1.00 e. The topological polar surface area (TPSA) is 3.24 Å². The highest BCUT2D eigenvalue weighted by Crippen LogP contribution is 2.26. The van der Waals surface area contributed by atoms with Gasteiger partial charge in [0, 0.05) is 25.9 Å². The van der Waals surface area contributed by atoms with Crippen LogP contribution >= 0.6 is 0 Å². The number of hydrogen-bond donors (Lipinski definition) is 0. The number of likely N-dealkylation sites (tertiary alicyclic amines) is 2. The Balaban J connectivity index is 0.00000112. The molecule has 0 aromatic rings. The maximum atomic E-state index is 2.50. The van der Waals surface area contributed by atoms with Gasteiger partial charge in [-0.3, -0.25) is 0 Å². The van der Waals surface area contributed by atoms with Gasteiger partial charge in [0.05, 0.1) is 26.2 Å². The van der Waals surface area contributed by atoms with Gasteiger partial charge in [-0.2, -0.15) is 0 Å². The fourth-order valence-electron chi connectivity index (χ4n) is 3.22. The SMILES string of the molecule is CN1CCC([N+]2(C)CCCCC2)CC1.[I-]. The van der Waals surface area contributed by atoms with Gasteiger partial charge in [0.2, 0.25) is 0 Å². The smallest absolute Gasteiger partial charge is 0.0913 e. The minimum atomic E-state index is 0. The van der Waals surface area contributed by atoms with Gasteiger partial charge in [-0.25, -0.2) is 0 Å². The average Bonchev–Trinajstić information content (AvgIpc) is 2.19. The van der Waals surface area contributed by atoms with Gasteiger partial charge in [0.15, 0.2) is 0 Å². The standard InChI is InChI=1S/C12H25N2.HI/c1-13-8-6-12(7-9-13)14(2)10-4-3-5-11-14;/h12H,3-11H2,1-2H3;1H/q+1;/p-1. The molecule has 0 atom stereocenters. The van der Waals surface area contributed by atoms with E-state index in [0.29, 0.717) is 0 Å². The van der Waals surface area contributed by atoms with E-state index in [2.05, 4.69) is 19.0 Å². The molecule has 0 aromatic heterocycles. The third-order valence-corrected chi connectivity index (χ3v) is 4.41. The summed E-state index contributed by atoms with van der Waals surface area (Å²) in [6.45, 7) is 5.51. The highest BCUT2D eigenvalue weighted by Gasteiger charge is 2.35. The highest BCUT2D eigenvalue weighted by molar-refractivity contribution is 4.72. The summed E-state index contributed by atoms with van der Waals surface area (Å²) in [6.07, 6.45) is 7.24. The van der Waals surface area contributed by atoms with E-state index < -0.39 is 0 Å². The molecule has 0 N–H and O–H groups in total. The molecule has 0 aromatic carbocycles. The zero-order chi connectivity index (χ0) is 10.0. The lowest BCUT2D eigenvalue weighted by Gasteiger charge is -2.47. The lowest BCUT2D eigenvalue weighted by Crippen LogP contribution is -3.00. The zero-order valence-electron chi connectivity index (χ0n) is 10.2. The van der Waals surface area contributed by atoms with Crippen molar-refractivity contribution < 1.29 is 28.5 Å². The molecule has 0 bridgehead atoms. The van der Waals surface area contributed by atoms with Crippen LogP contribution < -0.4 is 24.0 Å². The Kier molecular flexibility index (Phi) is 5.32. The summed E-state index contributed by atoms with van der Waals surface area (Å²) in [7, 11) is 4.75. The Morgan fingerprint density at radius 1 is 1.00 bits per heavy atom. The fraction of sp³-hybridized carbons (Fsp3) is 1.00. The number of quaternary nitrogens is 1. The molecule has 3 heteroatoms. The van der Waals surface area contributed by atoms with Crippen LogP contribution in [-0.2, 0) is 0 Å². The van der Waals surface area contributed by atoms with Crippen molar-refractivity contribution in [3.63, 3.8) is 0 Å². The van der Waals surface area contributed by atoms with E-state index in [1.54, 1.807) is 0 Å². The van der Waals surface area contributed by atoms with E-state index in [4.69, 9.17) is 0 Å². The number of nitrogens with zero attached hydrogens (tertiary/aromatic N) is 2. The zero-order valence-corrected chi connectivity index (χ0v) is 12.4. The van der Waals surface area contributed by atoms with Crippen LogP contribution in [0.2, 0.25) is 0 Å². The Bertz CT molecular complexity index is 182. The van der Waals surface area contributed by atoms with Crippen molar-refractivity contribution >= 4 is 0 Å². The van der Waals surface area contributed by atoms with Crippen LogP contribution in [0.15, 0.2) is 0 Å². The van der Waals surface area contributed by atoms with Crippen LogP contribution in [0.4, 0.5) is 0 Å². The minimum absolute atomic E-state index is 0. The van der Waals surface area contributed by atoms with E-state index in [-0.39, 0.29) is 24.0 Å². The van der Waals surface area contributed by atoms with Crippen LogP contribution in [-0.4, -0.2) is 55.7 Å². The Morgan fingerprint density at radius 3 is 2.07 bits per heavy atom. The molecule has 0 unspecified atom stereocenters. The molecular weight excluding hydrogens is 299 g/mol. The van der Waals surface area contributed by atoms with E-state index in [9.17, 15) is 0 Å². The fourth-order valence-corrected chi connectivity index (χ4v) is 3.22. The summed E-state index contributed by atoms with van der Waals surface area (Å²) in [5.41, 5.74) is 0. The molecule has 15 heavy (non-hydrogen) atoms. The summed E-state index contributed by atoms with van der Waals surface area (Å²) in [5, 5.41) is 0. The normalized spacial score (nSPS) is 28.4. The molecule has 0 amide bonds. The van der Waals surface area contributed by atoms with E-state index >= 15 is 0 Å². The molecule has 0 radical (unpaired) electrons. The second-order valence-corrected chi connectivity index (χ2v) is 5.52. The van der Waals surface area contributed by atoms with Crippen LogP contribution in [0.3, 0.4) is 0 Å². The monoisotopic (exact) mass is 324 g/mol. The lowest BCUT2D eigenvalue weighted by molar-refractivity contribution is -0.938. The first kappa shape index (κ1) is 13.7. The van der Waals surface area contributed by atoms with Gasteiger partial charge in [0.1, 0.15) is 0 Å². The Labute approximate surface area is 112 Å². The third kappa shape index (κ3) is 3.30. The first-order valence-corrected chi connectivity index (χ1v) is 6.23. The van der Waals surface area contributed by atoms with Gasteiger partial charge in [-0.05, 0) is 26.3 Å². The summed E-state index contributed by atoms with van der Waals surface area (Å²) in [4.78, 5) is 2.48. The molecule has 2 rings (SSSR count). The van der Waals surface area contributed by atoms with E-state index in [1.807, 2.05) is 0 Å². The van der Waals surface area contributed by atoms with Crippen molar-refractivity contribution in [2.24, 2.45) is 0 Å². The van der Waals surface area contributed by atoms with Crippen molar-refractivity contribution in [3.8, 4) is 0 Å². The maximum absolute atomic E-state index is 2.50. The molecule has 2 fully saturated rings. The molecule has 2 saturated heterocycles. The van der Waals surface area contributed by atoms with Gasteiger partial charge < -0.3 is 33.4 Å². The van der Waals surface area contributed by atoms with Gasteiger partial charge >= 0.3 is 0 Å². The van der Waals surface area contributed by atoms with Crippen LogP contribution in [0, 0.1) is 0 Å². The molecule has 0 spiro atoms. The van der Waals surface area contributed by atoms with Gasteiger partial charge in [0.25, 0.3) is 0 Å². The third-order valence-electron chi connectivity index (χ3n) is 4.41. The van der Waals surface area contributed by atoms with Crippen molar-refractivity contribution in [3.05, 3.63) is 0 Å². The summed E-state index contributed by atoms with van der Waals surface area (Å²) < 4.78 is 1.38.